The molecule has 8 nitrogen and oxygen atoms in total. The van der Waals surface area contributed by atoms with Gasteiger partial charge in [0.05, 0.1) is 6.54 Å². The minimum Gasteiger partial charge on any atom is -0.488 e. The van der Waals surface area contributed by atoms with E-state index < -0.39 is 5.54 Å². The minimum absolute atomic E-state index is 0.0767. The Morgan fingerprint density at radius 2 is 2.00 bits per heavy atom. The first kappa shape index (κ1) is 21.5. The lowest BCUT2D eigenvalue weighted by molar-refractivity contribution is -0.132. The van der Waals surface area contributed by atoms with Crippen molar-refractivity contribution in [2.75, 3.05) is 19.7 Å². The lowest BCUT2D eigenvalue weighted by Gasteiger charge is -2.30. The number of para-hydroxylation sites is 1. The van der Waals surface area contributed by atoms with Crippen molar-refractivity contribution in [1.29, 1.82) is 0 Å². The summed E-state index contributed by atoms with van der Waals surface area (Å²) in [5.41, 5.74) is 0.133. The molecule has 1 saturated carbocycles. The molecule has 0 aromatic heterocycles. The summed E-state index contributed by atoms with van der Waals surface area (Å²) in [7, 11) is 0. The van der Waals surface area contributed by atoms with Gasteiger partial charge in [0.15, 0.2) is 11.5 Å². The topological polar surface area (TPSA) is 97.0 Å². The number of benzene rings is 1. The summed E-state index contributed by atoms with van der Waals surface area (Å²) in [4.78, 5) is 38.4. The Balaban J connectivity index is 1.20. The number of ether oxygens (including phenoxy) is 2. The van der Waals surface area contributed by atoms with Crippen LogP contribution in [0.15, 0.2) is 18.2 Å². The molecule has 4 rings (SSSR count). The second-order valence-corrected chi connectivity index (χ2v) is 9.26. The number of carbonyl (C=O) groups excluding carboxylic acids is 3. The molecule has 8 heteroatoms. The Labute approximate surface area is 182 Å². The molecule has 1 aromatic rings. The Hall–Kier alpha value is -2.77. The van der Waals surface area contributed by atoms with Crippen LogP contribution in [0.3, 0.4) is 0 Å². The molecule has 4 amide bonds. The summed E-state index contributed by atoms with van der Waals surface area (Å²) >= 11 is 0. The number of amides is 4. The van der Waals surface area contributed by atoms with Gasteiger partial charge in [-0.25, -0.2) is 4.79 Å². The van der Waals surface area contributed by atoms with Crippen LogP contribution in [0.1, 0.15) is 57.9 Å². The normalized spacial score (nSPS) is 20.9. The standard InChI is InChI=1S/C23H31N3O5/c1-22(2)15-16-7-6-8-17(19(16)31-22)30-14-12-24-18(27)9-13-26-20(28)23(25-21(26)29)10-4-3-5-11-23/h6-8H,3-5,9-15H2,1-2H3,(H,24,27)(H,25,29). The van der Waals surface area contributed by atoms with E-state index in [9.17, 15) is 14.4 Å². The first-order valence-corrected chi connectivity index (χ1v) is 11.1. The maximum atomic E-state index is 12.7. The molecule has 31 heavy (non-hydrogen) atoms. The van der Waals surface area contributed by atoms with Crippen molar-refractivity contribution >= 4 is 17.8 Å². The summed E-state index contributed by atoms with van der Waals surface area (Å²) in [5, 5.41) is 5.65. The van der Waals surface area contributed by atoms with Crippen molar-refractivity contribution in [1.82, 2.24) is 15.5 Å². The van der Waals surface area contributed by atoms with Crippen LogP contribution in [0.25, 0.3) is 0 Å². The van der Waals surface area contributed by atoms with Crippen molar-refractivity contribution in [2.45, 2.75) is 69.9 Å². The Morgan fingerprint density at radius 1 is 1.23 bits per heavy atom. The van der Waals surface area contributed by atoms with Gasteiger partial charge in [0, 0.05) is 24.9 Å². The van der Waals surface area contributed by atoms with E-state index in [1.807, 2.05) is 32.0 Å². The van der Waals surface area contributed by atoms with Gasteiger partial charge >= 0.3 is 6.03 Å². The van der Waals surface area contributed by atoms with Gasteiger partial charge in [-0.1, -0.05) is 31.4 Å². The fraction of sp³-hybridized carbons (Fsp3) is 0.609. The highest BCUT2D eigenvalue weighted by molar-refractivity contribution is 6.07. The van der Waals surface area contributed by atoms with E-state index in [-0.39, 0.29) is 36.4 Å². The zero-order valence-corrected chi connectivity index (χ0v) is 18.3. The fourth-order valence-corrected chi connectivity index (χ4v) is 4.73. The summed E-state index contributed by atoms with van der Waals surface area (Å²) in [6, 6.07) is 5.45. The summed E-state index contributed by atoms with van der Waals surface area (Å²) in [5.74, 6) is 1.04. The Kier molecular flexibility index (Phi) is 5.81. The molecule has 168 valence electrons. The number of hydrogen-bond acceptors (Lipinski definition) is 5. The van der Waals surface area contributed by atoms with Gasteiger partial charge in [-0.3, -0.25) is 14.5 Å². The summed E-state index contributed by atoms with van der Waals surface area (Å²) in [6.45, 7) is 4.80. The zero-order valence-electron chi connectivity index (χ0n) is 18.3. The SMILES string of the molecule is CC1(C)Cc2cccc(OCCNC(=O)CCN3C(=O)NC4(CCCCC4)C3=O)c2O1. The first-order chi connectivity index (χ1) is 14.8. The van der Waals surface area contributed by atoms with Crippen molar-refractivity contribution < 1.29 is 23.9 Å². The Morgan fingerprint density at radius 3 is 2.77 bits per heavy atom. The van der Waals surface area contributed by atoms with Crippen LogP contribution >= 0.6 is 0 Å². The number of nitrogens with one attached hydrogen (secondary N) is 2. The highest BCUT2D eigenvalue weighted by Gasteiger charge is 2.51. The van der Waals surface area contributed by atoms with Crippen LogP contribution in [-0.4, -0.2) is 53.6 Å². The molecular formula is C23H31N3O5. The second-order valence-electron chi connectivity index (χ2n) is 9.26. The number of hydrogen-bond donors (Lipinski definition) is 2. The van der Waals surface area contributed by atoms with E-state index in [0.717, 1.165) is 37.0 Å². The van der Waals surface area contributed by atoms with Gasteiger partial charge in [0.25, 0.3) is 5.91 Å². The molecular weight excluding hydrogens is 398 g/mol. The monoisotopic (exact) mass is 429 g/mol. The van der Waals surface area contributed by atoms with Gasteiger partial charge in [-0.15, -0.1) is 0 Å². The Bertz CT molecular complexity index is 876. The predicted octanol–water partition coefficient (Wildman–Crippen LogP) is 2.54. The smallest absolute Gasteiger partial charge is 0.325 e. The molecule has 1 aliphatic carbocycles. The van der Waals surface area contributed by atoms with E-state index in [1.165, 1.54) is 4.90 Å². The molecule has 1 saturated heterocycles. The van der Waals surface area contributed by atoms with E-state index in [1.54, 1.807) is 0 Å². The number of imide groups is 1. The third kappa shape index (κ3) is 4.48. The van der Waals surface area contributed by atoms with Crippen LogP contribution < -0.4 is 20.1 Å². The largest absolute Gasteiger partial charge is 0.488 e. The van der Waals surface area contributed by atoms with E-state index in [0.29, 0.717) is 31.7 Å². The maximum absolute atomic E-state index is 12.7. The number of fused-ring (bicyclic) bond motifs is 1. The van der Waals surface area contributed by atoms with Crippen molar-refractivity contribution in [3.05, 3.63) is 23.8 Å². The molecule has 0 unspecified atom stereocenters. The molecule has 2 aliphatic heterocycles. The lowest BCUT2D eigenvalue weighted by Crippen LogP contribution is -2.48. The van der Waals surface area contributed by atoms with Crippen LogP contribution in [0.4, 0.5) is 4.79 Å². The van der Waals surface area contributed by atoms with Crippen LogP contribution in [-0.2, 0) is 16.0 Å². The van der Waals surface area contributed by atoms with Gasteiger partial charge < -0.3 is 20.1 Å². The number of carbonyl (C=O) groups is 3. The van der Waals surface area contributed by atoms with Crippen molar-refractivity contribution in [3.63, 3.8) is 0 Å². The van der Waals surface area contributed by atoms with Crippen molar-refractivity contribution in [2.24, 2.45) is 0 Å². The van der Waals surface area contributed by atoms with E-state index in [2.05, 4.69) is 10.6 Å². The van der Waals surface area contributed by atoms with Gasteiger partial charge in [-0.05, 0) is 32.8 Å². The average Bonchev–Trinajstić information content (AvgIpc) is 3.16. The quantitative estimate of drug-likeness (QED) is 0.513. The summed E-state index contributed by atoms with van der Waals surface area (Å²) in [6.07, 6.45) is 5.24. The first-order valence-electron chi connectivity index (χ1n) is 11.1. The molecule has 2 N–H and O–H groups in total. The fourth-order valence-electron chi connectivity index (χ4n) is 4.73. The van der Waals surface area contributed by atoms with E-state index >= 15 is 0 Å². The highest BCUT2D eigenvalue weighted by atomic mass is 16.5. The summed E-state index contributed by atoms with van der Waals surface area (Å²) < 4.78 is 11.8. The molecule has 1 aromatic carbocycles. The third-order valence-corrected chi connectivity index (χ3v) is 6.25. The lowest BCUT2D eigenvalue weighted by atomic mass is 9.82. The molecule has 0 bridgehead atoms. The van der Waals surface area contributed by atoms with Gasteiger partial charge in [0.2, 0.25) is 5.91 Å². The minimum atomic E-state index is -0.744. The molecule has 2 heterocycles. The molecule has 3 aliphatic rings. The maximum Gasteiger partial charge on any atom is 0.325 e. The predicted molar refractivity (Wildman–Crippen MR) is 114 cm³/mol. The number of nitrogens with zero attached hydrogens (tertiary/aromatic N) is 1. The van der Waals surface area contributed by atoms with Crippen LogP contribution in [0.5, 0.6) is 11.5 Å². The van der Waals surface area contributed by atoms with E-state index in [4.69, 9.17) is 9.47 Å². The highest BCUT2D eigenvalue weighted by Crippen LogP contribution is 2.41. The molecule has 1 spiro atoms. The van der Waals surface area contributed by atoms with Gasteiger partial charge in [-0.2, -0.15) is 0 Å². The molecule has 2 fully saturated rings. The second kappa shape index (κ2) is 8.40. The number of urea groups is 1. The number of rotatable bonds is 7. The van der Waals surface area contributed by atoms with Crippen molar-refractivity contribution in [3.8, 4) is 11.5 Å². The zero-order chi connectivity index (χ0) is 22.1. The molecule has 0 atom stereocenters. The van der Waals surface area contributed by atoms with Gasteiger partial charge in [0.1, 0.15) is 17.7 Å². The third-order valence-electron chi connectivity index (χ3n) is 6.25. The van der Waals surface area contributed by atoms with Crippen LogP contribution in [0, 0.1) is 0 Å². The molecule has 0 radical (unpaired) electrons. The average molecular weight is 430 g/mol. The van der Waals surface area contributed by atoms with Crippen LogP contribution in [0.2, 0.25) is 0 Å².